The van der Waals surface area contributed by atoms with Crippen molar-refractivity contribution in [3.63, 3.8) is 0 Å². The maximum absolute atomic E-state index is 12.4. The summed E-state index contributed by atoms with van der Waals surface area (Å²) < 4.78 is 5.50. The van der Waals surface area contributed by atoms with Crippen molar-refractivity contribution in [2.75, 3.05) is 13.2 Å². The summed E-state index contributed by atoms with van der Waals surface area (Å²) in [5.74, 6) is -0.0373. The first-order valence-corrected chi connectivity index (χ1v) is 35.0. The molecule has 0 aliphatic heterocycles. The van der Waals surface area contributed by atoms with Crippen LogP contribution >= 0.6 is 0 Å². The molecule has 0 spiro atoms. The molecule has 0 aromatic rings. The molecule has 0 rings (SSSR count). The number of aliphatic hydroxyl groups excluding tert-OH is 2. The van der Waals surface area contributed by atoms with E-state index < -0.39 is 12.1 Å². The molecule has 0 saturated carbocycles. The molecule has 0 aliphatic carbocycles. The van der Waals surface area contributed by atoms with E-state index in [1.807, 2.05) is 6.08 Å². The van der Waals surface area contributed by atoms with Crippen LogP contribution < -0.4 is 5.32 Å². The summed E-state index contributed by atoms with van der Waals surface area (Å²) in [7, 11) is 0. The molecule has 76 heavy (non-hydrogen) atoms. The van der Waals surface area contributed by atoms with E-state index in [1.165, 1.54) is 334 Å². The average Bonchev–Trinajstić information content (AvgIpc) is 3.42. The predicted octanol–water partition coefficient (Wildman–Crippen LogP) is 22.4. The quantitative estimate of drug-likeness (QED) is 0.0320. The average molecular weight is 1070 g/mol. The zero-order valence-electron chi connectivity index (χ0n) is 51.8. The van der Waals surface area contributed by atoms with Gasteiger partial charge in [-0.1, -0.05) is 366 Å². The third-order valence-electron chi connectivity index (χ3n) is 16.6. The minimum absolute atomic E-state index is 0.0253. The Bertz CT molecular complexity index is 1140. The molecule has 0 aromatic heterocycles. The second-order valence-electron chi connectivity index (χ2n) is 24.2. The van der Waals surface area contributed by atoms with Gasteiger partial charge in [0.1, 0.15) is 0 Å². The number of esters is 1. The van der Waals surface area contributed by atoms with Crippen molar-refractivity contribution in [2.24, 2.45) is 0 Å². The largest absolute Gasteiger partial charge is 0.466 e. The van der Waals surface area contributed by atoms with E-state index in [1.54, 1.807) is 6.08 Å². The van der Waals surface area contributed by atoms with Crippen LogP contribution in [0.1, 0.15) is 399 Å². The monoisotopic (exact) mass is 1070 g/mol. The number of unbranched alkanes of at least 4 members (excludes halogenated alkanes) is 55. The lowest BCUT2D eigenvalue weighted by atomic mass is 10.0. The predicted molar refractivity (Wildman–Crippen MR) is 333 cm³/mol. The lowest BCUT2D eigenvalue weighted by molar-refractivity contribution is -0.143. The Balaban J connectivity index is 3.28. The highest BCUT2D eigenvalue weighted by Gasteiger charge is 2.18. The van der Waals surface area contributed by atoms with Gasteiger partial charge in [-0.05, 0) is 32.1 Å². The van der Waals surface area contributed by atoms with Crippen LogP contribution in [0.4, 0.5) is 0 Å². The van der Waals surface area contributed by atoms with Gasteiger partial charge in [-0.25, -0.2) is 0 Å². The standard InChI is InChI=1S/C70H137NO5/c1-3-5-7-9-11-13-15-16-41-44-48-52-56-60-64-70(75)76-65-61-57-53-49-45-42-39-37-35-33-31-29-27-25-23-21-19-17-18-20-22-24-26-28-30-32-34-36-38-40-43-47-51-55-59-63-69(74)71-67(66-72)68(73)62-58-54-50-46-14-12-10-8-6-4-2/h58,62,67-68,72-73H,3-57,59-61,63-66H2,1-2H3,(H,71,74)/b62-58+. The van der Waals surface area contributed by atoms with Crippen molar-refractivity contribution in [2.45, 2.75) is 411 Å². The van der Waals surface area contributed by atoms with Gasteiger partial charge in [0.2, 0.25) is 5.91 Å². The molecule has 3 N–H and O–H groups in total. The molecule has 6 heteroatoms. The number of nitrogens with one attached hydrogen (secondary N) is 1. The van der Waals surface area contributed by atoms with Crippen molar-refractivity contribution in [1.82, 2.24) is 5.32 Å². The van der Waals surface area contributed by atoms with Gasteiger partial charge in [-0.3, -0.25) is 9.59 Å². The smallest absolute Gasteiger partial charge is 0.305 e. The number of hydrogen-bond donors (Lipinski definition) is 3. The Hall–Kier alpha value is -1.40. The molecule has 0 fully saturated rings. The van der Waals surface area contributed by atoms with E-state index >= 15 is 0 Å². The number of hydrogen-bond acceptors (Lipinski definition) is 5. The number of amides is 1. The highest BCUT2D eigenvalue weighted by Crippen LogP contribution is 2.19. The summed E-state index contributed by atoms with van der Waals surface area (Å²) in [5, 5.41) is 23.0. The lowest BCUT2D eigenvalue weighted by Crippen LogP contribution is -2.45. The first kappa shape index (κ1) is 74.6. The minimum Gasteiger partial charge on any atom is -0.466 e. The number of aliphatic hydroxyl groups is 2. The molecule has 0 heterocycles. The molecule has 6 nitrogen and oxygen atoms in total. The van der Waals surface area contributed by atoms with E-state index in [4.69, 9.17) is 4.74 Å². The van der Waals surface area contributed by atoms with Crippen molar-refractivity contribution >= 4 is 11.9 Å². The first-order valence-electron chi connectivity index (χ1n) is 35.0. The summed E-state index contributed by atoms with van der Waals surface area (Å²) in [6.45, 7) is 4.92. The molecule has 0 aliphatic rings. The van der Waals surface area contributed by atoms with Crippen LogP contribution in [0.15, 0.2) is 12.2 Å². The van der Waals surface area contributed by atoms with Crippen LogP contribution in [-0.4, -0.2) is 47.4 Å². The molecule has 2 atom stereocenters. The van der Waals surface area contributed by atoms with Crippen LogP contribution in [0.2, 0.25) is 0 Å². The van der Waals surface area contributed by atoms with Crippen LogP contribution in [0.3, 0.4) is 0 Å². The van der Waals surface area contributed by atoms with Crippen LogP contribution in [0.5, 0.6) is 0 Å². The molecule has 0 aromatic carbocycles. The molecule has 2 unspecified atom stereocenters. The maximum Gasteiger partial charge on any atom is 0.305 e. The fraction of sp³-hybridized carbons (Fsp3) is 0.943. The lowest BCUT2D eigenvalue weighted by Gasteiger charge is -2.20. The number of carbonyl (C=O) groups excluding carboxylic acids is 2. The highest BCUT2D eigenvalue weighted by molar-refractivity contribution is 5.76. The third-order valence-corrected chi connectivity index (χ3v) is 16.6. The van der Waals surface area contributed by atoms with Gasteiger partial charge in [-0.2, -0.15) is 0 Å². The molecule has 0 radical (unpaired) electrons. The summed E-state index contributed by atoms with van der Waals surface area (Å²) >= 11 is 0. The molecule has 452 valence electrons. The van der Waals surface area contributed by atoms with Gasteiger partial charge >= 0.3 is 5.97 Å². The summed E-state index contributed by atoms with van der Waals surface area (Å²) in [5.41, 5.74) is 0. The number of rotatable bonds is 66. The second-order valence-corrected chi connectivity index (χ2v) is 24.2. The Morgan fingerprint density at radius 1 is 0.355 bits per heavy atom. The van der Waals surface area contributed by atoms with Crippen LogP contribution in [0.25, 0.3) is 0 Å². The number of ether oxygens (including phenoxy) is 1. The fourth-order valence-corrected chi connectivity index (χ4v) is 11.2. The molecular formula is C70H137NO5. The normalized spacial score (nSPS) is 12.5. The van der Waals surface area contributed by atoms with Crippen molar-refractivity contribution in [3.8, 4) is 0 Å². The van der Waals surface area contributed by atoms with E-state index in [2.05, 4.69) is 19.2 Å². The van der Waals surface area contributed by atoms with Gasteiger partial charge in [-0.15, -0.1) is 0 Å². The van der Waals surface area contributed by atoms with Gasteiger partial charge in [0.15, 0.2) is 0 Å². The van der Waals surface area contributed by atoms with Crippen molar-refractivity contribution in [3.05, 3.63) is 12.2 Å². The number of allylic oxidation sites excluding steroid dienone is 1. The van der Waals surface area contributed by atoms with E-state index in [0.29, 0.717) is 19.4 Å². The SMILES string of the molecule is CCCCCCCCCC/C=C/C(O)C(CO)NC(=O)CCCCCCCCCCCCCCCCCCCCCCCCCCCCCCCCCCCCCOC(=O)CCCCCCCCCCCCCCCC. The Morgan fingerprint density at radius 2 is 0.605 bits per heavy atom. The van der Waals surface area contributed by atoms with E-state index in [-0.39, 0.29) is 18.5 Å². The summed E-state index contributed by atoms with van der Waals surface area (Å²) in [4.78, 5) is 24.5. The van der Waals surface area contributed by atoms with E-state index in [0.717, 1.165) is 38.5 Å². The molecule has 0 saturated heterocycles. The number of carbonyl (C=O) groups is 2. The van der Waals surface area contributed by atoms with E-state index in [9.17, 15) is 19.8 Å². The zero-order valence-corrected chi connectivity index (χ0v) is 51.8. The van der Waals surface area contributed by atoms with Crippen LogP contribution in [-0.2, 0) is 14.3 Å². The zero-order chi connectivity index (χ0) is 55.0. The Labute approximate surface area is 476 Å². The summed E-state index contributed by atoms with van der Waals surface area (Å²) in [6.07, 6.45) is 81.7. The Morgan fingerprint density at radius 3 is 0.895 bits per heavy atom. The maximum atomic E-state index is 12.4. The van der Waals surface area contributed by atoms with Crippen molar-refractivity contribution in [1.29, 1.82) is 0 Å². The fourth-order valence-electron chi connectivity index (χ4n) is 11.2. The van der Waals surface area contributed by atoms with Crippen molar-refractivity contribution < 1.29 is 24.5 Å². The van der Waals surface area contributed by atoms with Gasteiger partial charge in [0.25, 0.3) is 0 Å². The molecular weight excluding hydrogens is 935 g/mol. The summed E-state index contributed by atoms with van der Waals surface area (Å²) in [6, 6.07) is -0.621. The first-order chi connectivity index (χ1) is 37.5. The van der Waals surface area contributed by atoms with Crippen LogP contribution in [0, 0.1) is 0 Å². The topological polar surface area (TPSA) is 95.9 Å². The highest BCUT2D eigenvalue weighted by atomic mass is 16.5. The van der Waals surface area contributed by atoms with Gasteiger partial charge in [0.05, 0.1) is 25.4 Å². The molecule has 1 amide bonds. The van der Waals surface area contributed by atoms with Gasteiger partial charge < -0.3 is 20.3 Å². The third kappa shape index (κ3) is 61.8. The molecule has 0 bridgehead atoms. The minimum atomic E-state index is -0.838. The van der Waals surface area contributed by atoms with Gasteiger partial charge in [0, 0.05) is 12.8 Å². The Kier molecular flexibility index (Phi) is 64.9. The second kappa shape index (κ2) is 66.1.